The van der Waals surface area contributed by atoms with Crippen molar-refractivity contribution in [2.45, 2.75) is 6.10 Å². The van der Waals surface area contributed by atoms with E-state index in [1.165, 1.54) is 0 Å². The Hall–Kier alpha value is -0.270. The number of aliphatic hydroxyl groups is 2. The Kier molecular flexibility index (Phi) is 7.64. The average molecular weight is 179 g/mol. The molecular weight excluding hydrogens is 168 g/mol. The van der Waals surface area contributed by atoms with Crippen LogP contribution in [0.25, 0.3) is 0 Å². The summed E-state index contributed by atoms with van der Waals surface area (Å²) >= 11 is 5.27. The van der Waals surface area contributed by atoms with E-state index in [2.05, 4.69) is 11.8 Å². The lowest BCUT2D eigenvalue weighted by atomic mass is 10.6. The van der Waals surface area contributed by atoms with Gasteiger partial charge in [0, 0.05) is 0 Å². The first-order valence-electron chi connectivity index (χ1n) is 3.20. The average Bonchev–Trinajstić information content (AvgIpc) is 2.84. The topological polar surface area (TPSA) is 53.0 Å². The number of hydrogen-bond donors (Lipinski definition) is 2. The van der Waals surface area contributed by atoms with Crippen molar-refractivity contribution >= 4 is 11.6 Å². The standard InChI is InChI=1S/C4H6O2.C3H5ClO/c5-3-1-2-4-6;4-1-3-2-5-3/h5-6H,3-4H2;3H,1-2H2. The molecule has 11 heavy (non-hydrogen) atoms. The van der Waals surface area contributed by atoms with Gasteiger partial charge in [-0.2, -0.15) is 0 Å². The largest absolute Gasteiger partial charge is 0.384 e. The summed E-state index contributed by atoms with van der Waals surface area (Å²) in [5.41, 5.74) is 0. The van der Waals surface area contributed by atoms with Crippen molar-refractivity contribution in [2.24, 2.45) is 0 Å². The van der Waals surface area contributed by atoms with E-state index in [4.69, 9.17) is 26.6 Å². The van der Waals surface area contributed by atoms with E-state index in [0.717, 1.165) is 6.61 Å². The van der Waals surface area contributed by atoms with E-state index in [1.807, 2.05) is 0 Å². The highest BCUT2D eigenvalue weighted by Gasteiger charge is 2.19. The lowest BCUT2D eigenvalue weighted by Gasteiger charge is -1.67. The molecule has 0 radical (unpaired) electrons. The number of epoxide rings is 1. The first-order valence-corrected chi connectivity index (χ1v) is 3.73. The van der Waals surface area contributed by atoms with Crippen LogP contribution in [0.15, 0.2) is 0 Å². The number of halogens is 1. The molecular formula is C7H11ClO3. The second-order valence-electron chi connectivity index (χ2n) is 1.78. The van der Waals surface area contributed by atoms with Crippen LogP contribution in [0.3, 0.4) is 0 Å². The highest BCUT2D eigenvalue weighted by molar-refractivity contribution is 6.18. The van der Waals surface area contributed by atoms with Gasteiger partial charge < -0.3 is 14.9 Å². The van der Waals surface area contributed by atoms with E-state index in [1.54, 1.807) is 0 Å². The summed E-state index contributed by atoms with van der Waals surface area (Å²) in [5.74, 6) is 5.17. The summed E-state index contributed by atoms with van der Waals surface area (Å²) in [7, 11) is 0. The molecule has 1 aliphatic heterocycles. The minimum atomic E-state index is -0.166. The lowest BCUT2D eigenvalue weighted by molar-refractivity contribution is 0.342. The molecule has 0 spiro atoms. The van der Waals surface area contributed by atoms with Gasteiger partial charge in [-0.1, -0.05) is 11.8 Å². The highest BCUT2D eigenvalue weighted by atomic mass is 35.5. The molecule has 0 aromatic heterocycles. The van der Waals surface area contributed by atoms with Gasteiger partial charge in [0.1, 0.15) is 13.2 Å². The number of ether oxygens (including phenoxy) is 1. The molecule has 64 valence electrons. The smallest absolute Gasteiger partial charge is 0.104 e. The molecule has 1 rings (SSSR count). The van der Waals surface area contributed by atoms with Crippen LogP contribution in [0.2, 0.25) is 0 Å². The van der Waals surface area contributed by atoms with Crippen LogP contribution in [-0.4, -0.2) is 42.0 Å². The van der Waals surface area contributed by atoms with Crippen LogP contribution in [0.4, 0.5) is 0 Å². The van der Waals surface area contributed by atoms with Gasteiger partial charge in [0.2, 0.25) is 0 Å². The molecule has 0 aromatic carbocycles. The summed E-state index contributed by atoms with van der Waals surface area (Å²) < 4.78 is 4.73. The first kappa shape index (κ1) is 10.7. The SMILES string of the molecule is ClCC1CO1.OCC#CCO. The predicted molar refractivity (Wildman–Crippen MR) is 42.4 cm³/mol. The minimum Gasteiger partial charge on any atom is -0.384 e. The van der Waals surface area contributed by atoms with Crippen LogP contribution in [0, 0.1) is 11.8 Å². The van der Waals surface area contributed by atoms with Gasteiger partial charge in [0.15, 0.2) is 0 Å². The van der Waals surface area contributed by atoms with Crippen molar-refractivity contribution < 1.29 is 14.9 Å². The predicted octanol–water partition coefficient (Wildman–Crippen LogP) is -0.402. The third kappa shape index (κ3) is 9.73. The Morgan fingerprint density at radius 1 is 1.36 bits per heavy atom. The van der Waals surface area contributed by atoms with Gasteiger partial charge in [0.05, 0.1) is 18.6 Å². The monoisotopic (exact) mass is 178 g/mol. The fourth-order valence-electron chi connectivity index (χ4n) is 0.269. The lowest BCUT2D eigenvalue weighted by Crippen LogP contribution is -1.80. The van der Waals surface area contributed by atoms with Crippen LogP contribution in [-0.2, 0) is 4.74 Å². The molecule has 1 fully saturated rings. The molecule has 1 saturated heterocycles. The molecule has 1 heterocycles. The van der Waals surface area contributed by atoms with Crippen LogP contribution < -0.4 is 0 Å². The molecule has 4 heteroatoms. The summed E-state index contributed by atoms with van der Waals surface area (Å²) in [6, 6.07) is 0. The Morgan fingerprint density at radius 2 is 1.82 bits per heavy atom. The Bertz CT molecular complexity index is 126. The Balaban J connectivity index is 0.000000183. The second-order valence-corrected chi connectivity index (χ2v) is 2.09. The normalized spacial score (nSPS) is 19.0. The van der Waals surface area contributed by atoms with E-state index in [9.17, 15) is 0 Å². The van der Waals surface area contributed by atoms with Gasteiger partial charge in [-0.25, -0.2) is 0 Å². The zero-order valence-electron chi connectivity index (χ0n) is 6.09. The number of rotatable bonds is 1. The van der Waals surface area contributed by atoms with Crippen molar-refractivity contribution in [2.75, 3.05) is 25.7 Å². The van der Waals surface area contributed by atoms with Gasteiger partial charge in [0.25, 0.3) is 0 Å². The van der Waals surface area contributed by atoms with Crippen LogP contribution >= 0.6 is 11.6 Å². The quantitative estimate of drug-likeness (QED) is 0.326. The molecule has 0 bridgehead atoms. The summed E-state index contributed by atoms with van der Waals surface area (Å²) in [5, 5.41) is 15.8. The van der Waals surface area contributed by atoms with Gasteiger partial charge in [-0.3, -0.25) is 0 Å². The van der Waals surface area contributed by atoms with Crippen molar-refractivity contribution in [3.05, 3.63) is 0 Å². The molecule has 0 aromatic rings. The van der Waals surface area contributed by atoms with Crippen molar-refractivity contribution in [1.82, 2.24) is 0 Å². The van der Waals surface area contributed by atoms with Crippen molar-refractivity contribution in [3.8, 4) is 11.8 Å². The van der Waals surface area contributed by atoms with Gasteiger partial charge in [-0.05, 0) is 0 Å². The zero-order valence-corrected chi connectivity index (χ0v) is 6.84. The van der Waals surface area contributed by atoms with Gasteiger partial charge in [-0.15, -0.1) is 11.6 Å². The Labute approximate surface area is 70.9 Å². The third-order valence-corrected chi connectivity index (χ3v) is 1.20. The van der Waals surface area contributed by atoms with E-state index >= 15 is 0 Å². The molecule has 1 unspecified atom stereocenters. The third-order valence-electron chi connectivity index (χ3n) is 0.858. The molecule has 0 amide bonds. The summed E-state index contributed by atoms with van der Waals surface area (Å²) in [6.45, 7) is 0.546. The van der Waals surface area contributed by atoms with E-state index < -0.39 is 0 Å². The minimum absolute atomic E-state index is 0.166. The molecule has 1 atom stereocenters. The molecule has 0 saturated carbocycles. The molecule has 3 nitrogen and oxygen atoms in total. The second kappa shape index (κ2) is 7.83. The Morgan fingerprint density at radius 3 is 1.91 bits per heavy atom. The fourth-order valence-corrected chi connectivity index (χ4v) is 0.447. The number of aliphatic hydroxyl groups excluding tert-OH is 2. The zero-order chi connectivity index (χ0) is 8.53. The molecule has 0 aliphatic carbocycles. The highest BCUT2D eigenvalue weighted by Crippen LogP contribution is 2.08. The van der Waals surface area contributed by atoms with Crippen molar-refractivity contribution in [1.29, 1.82) is 0 Å². The maximum absolute atomic E-state index is 7.91. The fraction of sp³-hybridized carbons (Fsp3) is 0.714. The van der Waals surface area contributed by atoms with Crippen molar-refractivity contribution in [3.63, 3.8) is 0 Å². The van der Waals surface area contributed by atoms with Crippen LogP contribution in [0.1, 0.15) is 0 Å². The van der Waals surface area contributed by atoms with Gasteiger partial charge >= 0.3 is 0 Å². The van der Waals surface area contributed by atoms with E-state index in [0.29, 0.717) is 12.0 Å². The molecule has 2 N–H and O–H groups in total. The molecule has 1 aliphatic rings. The summed E-state index contributed by atoms with van der Waals surface area (Å²) in [4.78, 5) is 0. The summed E-state index contributed by atoms with van der Waals surface area (Å²) in [6.07, 6.45) is 0.400. The maximum atomic E-state index is 7.91. The first-order chi connectivity index (χ1) is 5.35. The van der Waals surface area contributed by atoms with E-state index in [-0.39, 0.29) is 13.2 Å². The number of hydrogen-bond acceptors (Lipinski definition) is 3. The maximum Gasteiger partial charge on any atom is 0.104 e. The number of alkyl halides is 1. The van der Waals surface area contributed by atoms with Crippen LogP contribution in [0.5, 0.6) is 0 Å².